The van der Waals surface area contributed by atoms with Gasteiger partial charge in [0.2, 0.25) is 0 Å². The van der Waals surface area contributed by atoms with Gasteiger partial charge in [0.1, 0.15) is 12.4 Å². The molecule has 1 aliphatic heterocycles. The maximum Gasteiger partial charge on any atom is 0.313 e. The maximum atomic E-state index is 12.5. The van der Waals surface area contributed by atoms with Crippen LogP contribution in [0.5, 0.6) is 5.75 Å². The fourth-order valence-electron chi connectivity index (χ4n) is 2.98. The minimum Gasteiger partial charge on any atom is -0.492 e. The first-order valence-corrected chi connectivity index (χ1v) is 8.78. The number of para-hydroxylation sites is 2. The molecule has 138 valence electrons. The van der Waals surface area contributed by atoms with Crippen molar-refractivity contribution in [3.05, 3.63) is 60.2 Å². The number of hydrogen-bond donors (Lipinski definition) is 0. The standard InChI is InChI=1S/C21H20N2O4/c22-11-6-12-23(18-8-2-1-3-9-18)20(24)15-27-21(25)17-13-16-7-4-5-10-19(16)26-14-17/h1-5,7-10,17H,6,12-15H2. The summed E-state index contributed by atoms with van der Waals surface area (Å²) in [5.41, 5.74) is 1.63. The summed E-state index contributed by atoms with van der Waals surface area (Å²) in [5, 5.41) is 8.83. The van der Waals surface area contributed by atoms with E-state index < -0.39 is 11.9 Å². The Morgan fingerprint density at radius 1 is 1.15 bits per heavy atom. The smallest absolute Gasteiger partial charge is 0.313 e. The second-order valence-corrected chi connectivity index (χ2v) is 6.22. The van der Waals surface area contributed by atoms with Crippen LogP contribution in [-0.2, 0) is 20.7 Å². The van der Waals surface area contributed by atoms with Crippen LogP contribution in [0.2, 0.25) is 0 Å². The zero-order chi connectivity index (χ0) is 19.1. The van der Waals surface area contributed by atoms with Crippen molar-refractivity contribution >= 4 is 17.6 Å². The molecule has 2 aromatic rings. The first-order valence-electron chi connectivity index (χ1n) is 8.78. The largest absolute Gasteiger partial charge is 0.492 e. The summed E-state index contributed by atoms with van der Waals surface area (Å²) >= 11 is 0. The molecule has 0 saturated carbocycles. The molecule has 1 unspecified atom stereocenters. The Morgan fingerprint density at radius 2 is 1.89 bits per heavy atom. The summed E-state index contributed by atoms with van der Waals surface area (Å²) in [5.74, 6) is -0.463. The quantitative estimate of drug-likeness (QED) is 0.737. The fourth-order valence-corrected chi connectivity index (χ4v) is 2.98. The van der Waals surface area contributed by atoms with Crippen molar-refractivity contribution in [3.8, 4) is 11.8 Å². The van der Waals surface area contributed by atoms with E-state index in [4.69, 9.17) is 14.7 Å². The summed E-state index contributed by atoms with van der Waals surface area (Å²) in [6.07, 6.45) is 0.724. The number of anilines is 1. The molecule has 1 atom stereocenters. The molecule has 1 amide bonds. The molecule has 0 bridgehead atoms. The third-order valence-electron chi connectivity index (χ3n) is 4.37. The number of carbonyl (C=O) groups excluding carboxylic acids is 2. The zero-order valence-electron chi connectivity index (χ0n) is 14.8. The van der Waals surface area contributed by atoms with Gasteiger partial charge in [-0.2, -0.15) is 5.26 Å². The van der Waals surface area contributed by atoms with Gasteiger partial charge in [-0.25, -0.2) is 0 Å². The number of benzene rings is 2. The molecule has 1 heterocycles. The van der Waals surface area contributed by atoms with Crippen molar-refractivity contribution in [2.45, 2.75) is 12.8 Å². The number of ether oxygens (including phenoxy) is 2. The van der Waals surface area contributed by atoms with Crippen LogP contribution in [0.25, 0.3) is 0 Å². The lowest BCUT2D eigenvalue weighted by molar-refractivity contribution is -0.153. The van der Waals surface area contributed by atoms with Crippen molar-refractivity contribution in [2.24, 2.45) is 5.92 Å². The topological polar surface area (TPSA) is 79.6 Å². The maximum absolute atomic E-state index is 12.5. The van der Waals surface area contributed by atoms with Crippen molar-refractivity contribution in [1.29, 1.82) is 5.26 Å². The van der Waals surface area contributed by atoms with Crippen LogP contribution < -0.4 is 9.64 Å². The highest BCUT2D eigenvalue weighted by atomic mass is 16.5. The minimum absolute atomic E-state index is 0.196. The molecule has 0 N–H and O–H groups in total. The molecular weight excluding hydrogens is 344 g/mol. The number of rotatable bonds is 6. The lowest BCUT2D eigenvalue weighted by Gasteiger charge is -2.25. The zero-order valence-corrected chi connectivity index (χ0v) is 14.8. The van der Waals surface area contributed by atoms with Gasteiger partial charge in [0.15, 0.2) is 6.61 Å². The predicted octanol–water partition coefficient (Wildman–Crippen LogP) is 2.73. The van der Waals surface area contributed by atoms with E-state index >= 15 is 0 Å². The highest BCUT2D eigenvalue weighted by molar-refractivity contribution is 5.95. The third-order valence-corrected chi connectivity index (χ3v) is 4.37. The normalized spacial score (nSPS) is 15.0. The van der Waals surface area contributed by atoms with Gasteiger partial charge in [0, 0.05) is 12.2 Å². The van der Waals surface area contributed by atoms with Gasteiger partial charge in [0.25, 0.3) is 5.91 Å². The van der Waals surface area contributed by atoms with Crippen LogP contribution in [0.3, 0.4) is 0 Å². The fraction of sp³-hybridized carbons (Fsp3) is 0.286. The van der Waals surface area contributed by atoms with Crippen molar-refractivity contribution in [1.82, 2.24) is 0 Å². The van der Waals surface area contributed by atoms with E-state index in [1.807, 2.05) is 48.5 Å². The number of esters is 1. The predicted molar refractivity (Wildman–Crippen MR) is 99.1 cm³/mol. The molecular formula is C21H20N2O4. The van der Waals surface area contributed by atoms with Gasteiger partial charge in [-0.15, -0.1) is 0 Å². The van der Waals surface area contributed by atoms with E-state index in [9.17, 15) is 9.59 Å². The summed E-state index contributed by atoms with van der Waals surface area (Å²) < 4.78 is 10.8. The molecule has 27 heavy (non-hydrogen) atoms. The molecule has 0 aliphatic carbocycles. The van der Waals surface area contributed by atoms with E-state index in [0.29, 0.717) is 12.1 Å². The highest BCUT2D eigenvalue weighted by Gasteiger charge is 2.28. The third kappa shape index (κ3) is 4.64. The van der Waals surface area contributed by atoms with Crippen LogP contribution in [0.15, 0.2) is 54.6 Å². The van der Waals surface area contributed by atoms with Gasteiger partial charge in [0.05, 0.1) is 18.4 Å². The van der Waals surface area contributed by atoms with Gasteiger partial charge in [-0.05, 0) is 30.2 Å². The molecule has 0 fully saturated rings. The number of nitriles is 1. The second-order valence-electron chi connectivity index (χ2n) is 6.22. The SMILES string of the molecule is N#CCCN(C(=O)COC(=O)C1COc2ccccc2C1)c1ccccc1. The monoisotopic (exact) mass is 364 g/mol. The average Bonchev–Trinajstić information content (AvgIpc) is 2.72. The number of carbonyl (C=O) groups is 2. The average molecular weight is 364 g/mol. The Labute approximate surface area is 157 Å². The van der Waals surface area contributed by atoms with E-state index in [1.54, 1.807) is 12.1 Å². The minimum atomic E-state index is -0.453. The van der Waals surface area contributed by atoms with E-state index in [1.165, 1.54) is 4.90 Å². The number of nitrogens with zero attached hydrogens (tertiary/aromatic N) is 2. The molecule has 6 heteroatoms. The molecule has 0 spiro atoms. The van der Waals surface area contributed by atoms with Crippen LogP contribution in [-0.4, -0.2) is 31.6 Å². The molecule has 2 aromatic carbocycles. The van der Waals surface area contributed by atoms with Gasteiger partial charge in [-0.3, -0.25) is 9.59 Å². The molecule has 0 saturated heterocycles. The Bertz CT molecular complexity index is 845. The van der Waals surface area contributed by atoms with E-state index in [2.05, 4.69) is 0 Å². The lowest BCUT2D eigenvalue weighted by atomic mass is 9.97. The summed E-state index contributed by atoms with van der Waals surface area (Å²) in [6, 6.07) is 18.6. The Hall–Kier alpha value is -3.33. The molecule has 0 radical (unpaired) electrons. The van der Waals surface area contributed by atoms with E-state index in [0.717, 1.165) is 11.3 Å². The summed E-state index contributed by atoms with van der Waals surface area (Å²) in [7, 11) is 0. The Balaban J connectivity index is 1.58. The van der Waals surface area contributed by atoms with E-state index in [-0.39, 0.29) is 32.1 Å². The number of hydrogen-bond acceptors (Lipinski definition) is 5. The first-order chi connectivity index (χ1) is 13.2. The summed E-state index contributed by atoms with van der Waals surface area (Å²) in [6.45, 7) is 0.120. The van der Waals surface area contributed by atoms with Crippen LogP contribution in [0, 0.1) is 17.2 Å². The van der Waals surface area contributed by atoms with Crippen molar-refractivity contribution in [3.63, 3.8) is 0 Å². The molecule has 3 rings (SSSR count). The van der Waals surface area contributed by atoms with Crippen LogP contribution in [0.1, 0.15) is 12.0 Å². The Kier molecular flexibility index (Phi) is 6.06. The Morgan fingerprint density at radius 3 is 2.67 bits per heavy atom. The summed E-state index contributed by atoms with van der Waals surface area (Å²) in [4.78, 5) is 26.4. The highest BCUT2D eigenvalue weighted by Crippen LogP contribution is 2.27. The van der Waals surface area contributed by atoms with Gasteiger partial charge < -0.3 is 14.4 Å². The van der Waals surface area contributed by atoms with Gasteiger partial charge in [-0.1, -0.05) is 36.4 Å². The van der Waals surface area contributed by atoms with Crippen LogP contribution >= 0.6 is 0 Å². The van der Waals surface area contributed by atoms with Crippen molar-refractivity contribution in [2.75, 3.05) is 24.7 Å². The molecule has 0 aromatic heterocycles. The number of amides is 1. The van der Waals surface area contributed by atoms with Crippen molar-refractivity contribution < 1.29 is 19.1 Å². The second kappa shape index (κ2) is 8.86. The number of fused-ring (bicyclic) bond motifs is 1. The molecule has 1 aliphatic rings. The van der Waals surface area contributed by atoms with Crippen LogP contribution in [0.4, 0.5) is 5.69 Å². The molecule has 6 nitrogen and oxygen atoms in total. The lowest BCUT2D eigenvalue weighted by Crippen LogP contribution is -2.37. The first kappa shape index (κ1) is 18.5. The van der Waals surface area contributed by atoms with Gasteiger partial charge >= 0.3 is 5.97 Å².